The van der Waals surface area contributed by atoms with Crippen LogP contribution in [-0.2, 0) is 27.4 Å². The van der Waals surface area contributed by atoms with E-state index in [2.05, 4.69) is 5.10 Å². The Morgan fingerprint density at radius 2 is 1.70 bits per heavy atom. The van der Waals surface area contributed by atoms with E-state index in [4.69, 9.17) is 14.5 Å². The summed E-state index contributed by atoms with van der Waals surface area (Å²) in [4.78, 5) is 35.2. The number of hydrogen-bond acceptors (Lipinski definition) is 6. The van der Waals surface area contributed by atoms with Crippen molar-refractivity contribution < 1.29 is 32.2 Å². The predicted octanol–water partition coefficient (Wildman–Crippen LogP) is 6.97. The minimum atomic E-state index is -1.43. The first-order chi connectivity index (χ1) is 24.0. The molecular formula is C38H42F3N5O4. The summed E-state index contributed by atoms with van der Waals surface area (Å²) in [5.41, 5.74) is 0.865. The van der Waals surface area contributed by atoms with Crippen molar-refractivity contribution in [2.75, 3.05) is 26.2 Å². The lowest BCUT2D eigenvalue weighted by Gasteiger charge is -2.41. The van der Waals surface area contributed by atoms with Crippen LogP contribution in [0.25, 0.3) is 11.4 Å². The second kappa shape index (κ2) is 15.0. The van der Waals surface area contributed by atoms with Crippen LogP contribution in [0.3, 0.4) is 0 Å². The molecule has 50 heavy (non-hydrogen) atoms. The van der Waals surface area contributed by atoms with E-state index in [1.807, 2.05) is 81.4 Å². The second-order valence-corrected chi connectivity index (χ2v) is 14.0. The standard InChI is InChI=1S/C38H42F3N5O4/c1-38(2,3)33(35-42-34(29-19-28(39)16-17-30(29)40)43-46(35)20-25-11-6-4-7-12-25)45(36(47)32-15-10-18-49-32)22-27-21-44(23-31(27)41)37(48)50-24-26-13-8-5-9-14-26/h4-9,11-14,16-17,19,27,31-33H,10,15,18,20-24H2,1-3H3/t27-,31-,32-,33-/m0/s1. The van der Waals surface area contributed by atoms with E-state index in [0.717, 1.165) is 29.3 Å². The van der Waals surface area contributed by atoms with Gasteiger partial charge in [0.1, 0.15) is 30.5 Å². The molecular weight excluding hydrogens is 647 g/mol. The maximum atomic E-state index is 15.9. The molecule has 2 aliphatic rings. The van der Waals surface area contributed by atoms with Gasteiger partial charge in [0.25, 0.3) is 5.91 Å². The van der Waals surface area contributed by atoms with Crippen molar-refractivity contribution in [1.82, 2.24) is 24.6 Å². The van der Waals surface area contributed by atoms with Crippen LogP contribution in [-0.4, -0.2) is 75.1 Å². The molecule has 2 amide bonds. The zero-order chi connectivity index (χ0) is 35.4. The Bertz CT molecular complexity index is 1780. The van der Waals surface area contributed by atoms with Gasteiger partial charge in [-0.05, 0) is 47.6 Å². The lowest BCUT2D eigenvalue weighted by atomic mass is 9.83. The van der Waals surface area contributed by atoms with Gasteiger partial charge >= 0.3 is 6.09 Å². The molecule has 264 valence electrons. The number of carbonyl (C=O) groups is 2. The summed E-state index contributed by atoms with van der Waals surface area (Å²) >= 11 is 0. The summed E-state index contributed by atoms with van der Waals surface area (Å²) in [7, 11) is 0. The van der Waals surface area contributed by atoms with E-state index in [1.54, 1.807) is 9.58 Å². The normalized spacial score (nSPS) is 19.8. The van der Waals surface area contributed by atoms with E-state index in [1.165, 1.54) is 4.90 Å². The third-order valence-electron chi connectivity index (χ3n) is 9.17. The van der Waals surface area contributed by atoms with Crippen molar-refractivity contribution in [2.24, 2.45) is 11.3 Å². The Balaban J connectivity index is 1.36. The topological polar surface area (TPSA) is 89.8 Å². The number of amides is 2. The maximum absolute atomic E-state index is 15.9. The molecule has 2 fully saturated rings. The lowest BCUT2D eigenvalue weighted by molar-refractivity contribution is -0.147. The van der Waals surface area contributed by atoms with Crippen LogP contribution in [0.1, 0.15) is 56.6 Å². The highest BCUT2D eigenvalue weighted by atomic mass is 19.1. The van der Waals surface area contributed by atoms with Crippen LogP contribution in [0.4, 0.5) is 18.0 Å². The third-order valence-corrected chi connectivity index (χ3v) is 9.17. The fraction of sp³-hybridized carbons (Fsp3) is 0.421. The van der Waals surface area contributed by atoms with Crippen LogP contribution in [0, 0.1) is 23.0 Å². The fourth-order valence-electron chi connectivity index (χ4n) is 6.70. The van der Waals surface area contributed by atoms with E-state index < -0.39 is 47.4 Å². The number of carbonyl (C=O) groups excluding carboxylic acids is 2. The molecule has 1 aromatic heterocycles. The van der Waals surface area contributed by atoms with Gasteiger partial charge in [-0.25, -0.2) is 27.6 Å². The SMILES string of the molecule is CC(C)(C)[C@H](c1nc(-c2cc(F)ccc2F)nn1Cc1ccccc1)N(C[C@@H]1CN(C(=O)OCc2ccccc2)C[C@@H]1F)C(=O)[C@@H]1CCCO1. The van der Waals surface area contributed by atoms with Crippen molar-refractivity contribution in [1.29, 1.82) is 0 Å². The van der Waals surface area contributed by atoms with Crippen LogP contribution < -0.4 is 0 Å². The van der Waals surface area contributed by atoms with Crippen LogP contribution in [0.2, 0.25) is 0 Å². The minimum absolute atomic E-state index is 0.0386. The number of alkyl halides is 1. The van der Waals surface area contributed by atoms with Crippen molar-refractivity contribution in [3.05, 3.63) is 107 Å². The Hall–Kier alpha value is -4.71. The van der Waals surface area contributed by atoms with E-state index in [9.17, 15) is 14.0 Å². The zero-order valence-corrected chi connectivity index (χ0v) is 28.5. The number of halogens is 3. The molecule has 0 aliphatic carbocycles. The molecule has 6 rings (SSSR count). The number of likely N-dealkylation sites (tertiary alicyclic amines) is 1. The summed E-state index contributed by atoms with van der Waals surface area (Å²) in [6.07, 6.45) is -1.60. The monoisotopic (exact) mass is 689 g/mol. The number of aromatic nitrogens is 3. The first-order valence-corrected chi connectivity index (χ1v) is 16.9. The number of benzene rings is 3. The molecule has 0 unspecified atom stereocenters. The Labute approximate surface area is 290 Å². The number of nitrogens with zero attached hydrogens (tertiary/aromatic N) is 5. The minimum Gasteiger partial charge on any atom is -0.445 e. The van der Waals surface area contributed by atoms with Crippen molar-refractivity contribution in [3.8, 4) is 11.4 Å². The van der Waals surface area contributed by atoms with Gasteiger partial charge in [0.2, 0.25) is 0 Å². The number of rotatable bonds is 10. The van der Waals surface area contributed by atoms with Crippen LogP contribution in [0.5, 0.6) is 0 Å². The smallest absolute Gasteiger partial charge is 0.410 e. The molecule has 2 saturated heterocycles. The highest BCUT2D eigenvalue weighted by Crippen LogP contribution is 2.41. The molecule has 3 heterocycles. The van der Waals surface area contributed by atoms with Gasteiger partial charge < -0.3 is 19.3 Å². The highest BCUT2D eigenvalue weighted by Gasteiger charge is 2.45. The summed E-state index contributed by atoms with van der Waals surface area (Å²) in [6.45, 7) is 6.33. The van der Waals surface area contributed by atoms with Gasteiger partial charge in [0.05, 0.1) is 24.7 Å². The molecule has 0 saturated carbocycles. The molecule has 0 spiro atoms. The van der Waals surface area contributed by atoms with Crippen molar-refractivity contribution >= 4 is 12.0 Å². The lowest BCUT2D eigenvalue weighted by Crippen LogP contribution is -2.49. The second-order valence-electron chi connectivity index (χ2n) is 14.0. The molecule has 2 aliphatic heterocycles. The van der Waals surface area contributed by atoms with E-state index >= 15 is 8.78 Å². The zero-order valence-electron chi connectivity index (χ0n) is 28.5. The van der Waals surface area contributed by atoms with Gasteiger partial charge in [-0.2, -0.15) is 5.10 Å². The largest absolute Gasteiger partial charge is 0.445 e. The summed E-state index contributed by atoms with van der Waals surface area (Å²) < 4.78 is 58.3. The van der Waals surface area contributed by atoms with Gasteiger partial charge in [-0.15, -0.1) is 0 Å². The number of ether oxygens (including phenoxy) is 2. The molecule has 3 aromatic carbocycles. The fourth-order valence-corrected chi connectivity index (χ4v) is 6.70. The van der Waals surface area contributed by atoms with Gasteiger partial charge in [0.15, 0.2) is 11.6 Å². The van der Waals surface area contributed by atoms with E-state index in [-0.39, 0.29) is 50.1 Å². The van der Waals surface area contributed by atoms with Gasteiger partial charge in [0, 0.05) is 25.6 Å². The Morgan fingerprint density at radius 3 is 2.36 bits per heavy atom. The molecule has 0 N–H and O–H groups in total. The Morgan fingerprint density at radius 1 is 1.00 bits per heavy atom. The third kappa shape index (κ3) is 8.01. The maximum Gasteiger partial charge on any atom is 0.410 e. The van der Waals surface area contributed by atoms with Gasteiger partial charge in [-0.1, -0.05) is 81.4 Å². The molecule has 4 aromatic rings. The van der Waals surface area contributed by atoms with E-state index in [0.29, 0.717) is 25.3 Å². The molecule has 0 bridgehead atoms. The highest BCUT2D eigenvalue weighted by molar-refractivity contribution is 5.82. The van der Waals surface area contributed by atoms with Crippen molar-refractivity contribution in [3.63, 3.8) is 0 Å². The number of hydrogen-bond donors (Lipinski definition) is 0. The van der Waals surface area contributed by atoms with Crippen LogP contribution in [0.15, 0.2) is 78.9 Å². The summed E-state index contributed by atoms with van der Waals surface area (Å²) in [6, 6.07) is 21.0. The first-order valence-electron chi connectivity index (χ1n) is 16.9. The summed E-state index contributed by atoms with van der Waals surface area (Å²) in [5, 5.41) is 4.66. The first kappa shape index (κ1) is 35.1. The predicted molar refractivity (Wildman–Crippen MR) is 180 cm³/mol. The average Bonchev–Trinajstić information content (AvgIpc) is 3.86. The molecule has 9 nitrogen and oxygen atoms in total. The molecule has 12 heteroatoms. The average molecular weight is 690 g/mol. The van der Waals surface area contributed by atoms with Gasteiger partial charge in [-0.3, -0.25) is 4.79 Å². The van der Waals surface area contributed by atoms with Crippen LogP contribution >= 0.6 is 0 Å². The summed E-state index contributed by atoms with van der Waals surface area (Å²) in [5.74, 6) is -2.11. The quantitative estimate of drug-likeness (QED) is 0.179. The molecule has 4 atom stereocenters. The Kier molecular flexibility index (Phi) is 10.6. The van der Waals surface area contributed by atoms with Crippen molar-refractivity contribution in [2.45, 2.75) is 65.1 Å². The molecule has 0 radical (unpaired) electrons.